The van der Waals surface area contributed by atoms with Crippen molar-refractivity contribution in [2.45, 2.75) is 52.3 Å². The molecule has 1 amide bonds. The Balaban J connectivity index is 2.25. The van der Waals surface area contributed by atoms with Gasteiger partial charge in [-0.1, -0.05) is 13.8 Å². The molecule has 1 saturated heterocycles. The van der Waals surface area contributed by atoms with Crippen LogP contribution in [0.4, 0.5) is 0 Å². The van der Waals surface area contributed by atoms with Gasteiger partial charge in [0.1, 0.15) is 0 Å². The smallest absolute Gasteiger partial charge is 0.237 e. The number of nitrogens with zero attached hydrogens (tertiary/aromatic N) is 1. The molecule has 1 rings (SSSR count). The second kappa shape index (κ2) is 8.51. The lowest BCUT2D eigenvalue weighted by Crippen LogP contribution is -2.51. The zero-order chi connectivity index (χ0) is 14.3. The minimum Gasteiger partial charge on any atom is -0.374 e. The highest BCUT2D eigenvalue weighted by Gasteiger charge is 2.21. The first kappa shape index (κ1) is 16.4. The molecule has 1 aliphatic heterocycles. The van der Waals surface area contributed by atoms with Gasteiger partial charge in [0.05, 0.1) is 18.8 Å². The predicted octanol–water partition coefficient (Wildman–Crippen LogP) is 0.600. The standard InChI is InChI=1S/C14H29N3O2/c1-5-11(3)16-14(18)12(4)15-9-13-10-17(6-2)7-8-19-13/h11-13,15H,5-10H2,1-4H3,(H,16,18). The molecule has 19 heavy (non-hydrogen) atoms. The fraction of sp³-hybridized carbons (Fsp3) is 0.929. The second-order valence-electron chi connectivity index (χ2n) is 5.33. The Morgan fingerprint density at radius 2 is 2.16 bits per heavy atom. The molecule has 0 saturated carbocycles. The fourth-order valence-corrected chi connectivity index (χ4v) is 2.06. The van der Waals surface area contributed by atoms with Gasteiger partial charge in [0.25, 0.3) is 0 Å². The van der Waals surface area contributed by atoms with Crippen molar-refractivity contribution in [1.82, 2.24) is 15.5 Å². The summed E-state index contributed by atoms with van der Waals surface area (Å²) < 4.78 is 5.71. The van der Waals surface area contributed by atoms with Crippen molar-refractivity contribution >= 4 is 5.91 Å². The first-order valence-corrected chi connectivity index (χ1v) is 7.44. The molecule has 0 radical (unpaired) electrons. The number of likely N-dealkylation sites (N-methyl/N-ethyl adjacent to an activating group) is 1. The van der Waals surface area contributed by atoms with E-state index >= 15 is 0 Å². The Labute approximate surface area is 117 Å². The van der Waals surface area contributed by atoms with Crippen molar-refractivity contribution in [2.24, 2.45) is 0 Å². The van der Waals surface area contributed by atoms with Crippen molar-refractivity contribution in [3.05, 3.63) is 0 Å². The lowest BCUT2D eigenvalue weighted by Gasteiger charge is -2.32. The molecule has 3 atom stereocenters. The summed E-state index contributed by atoms with van der Waals surface area (Å²) in [6.07, 6.45) is 1.14. The van der Waals surface area contributed by atoms with E-state index in [1.165, 1.54) is 0 Å². The molecule has 1 aliphatic rings. The van der Waals surface area contributed by atoms with Crippen LogP contribution in [0.25, 0.3) is 0 Å². The van der Waals surface area contributed by atoms with Gasteiger partial charge >= 0.3 is 0 Å². The predicted molar refractivity (Wildman–Crippen MR) is 77.2 cm³/mol. The molecular weight excluding hydrogens is 242 g/mol. The van der Waals surface area contributed by atoms with Gasteiger partial charge in [0.2, 0.25) is 5.91 Å². The van der Waals surface area contributed by atoms with Gasteiger partial charge in [0, 0.05) is 25.7 Å². The van der Waals surface area contributed by atoms with Crippen molar-refractivity contribution in [1.29, 1.82) is 0 Å². The van der Waals surface area contributed by atoms with Crippen molar-refractivity contribution in [3.8, 4) is 0 Å². The fourth-order valence-electron chi connectivity index (χ4n) is 2.06. The van der Waals surface area contributed by atoms with Gasteiger partial charge in [0.15, 0.2) is 0 Å². The van der Waals surface area contributed by atoms with Gasteiger partial charge in [-0.25, -0.2) is 0 Å². The van der Waals surface area contributed by atoms with E-state index in [2.05, 4.69) is 29.4 Å². The molecule has 0 aromatic carbocycles. The molecule has 0 bridgehead atoms. The maximum atomic E-state index is 11.9. The third kappa shape index (κ3) is 5.89. The van der Waals surface area contributed by atoms with Crippen molar-refractivity contribution in [2.75, 3.05) is 32.8 Å². The van der Waals surface area contributed by atoms with E-state index < -0.39 is 0 Å². The normalized spacial score (nSPS) is 23.9. The van der Waals surface area contributed by atoms with Gasteiger partial charge in [-0.2, -0.15) is 0 Å². The number of rotatable bonds is 7. The zero-order valence-corrected chi connectivity index (χ0v) is 12.7. The van der Waals surface area contributed by atoms with Crippen molar-refractivity contribution in [3.63, 3.8) is 0 Å². The molecule has 2 N–H and O–H groups in total. The van der Waals surface area contributed by atoms with Crippen LogP contribution >= 0.6 is 0 Å². The lowest BCUT2D eigenvalue weighted by atomic mass is 10.2. The van der Waals surface area contributed by atoms with E-state index in [1.54, 1.807) is 0 Å². The molecule has 3 unspecified atom stereocenters. The maximum Gasteiger partial charge on any atom is 0.237 e. The van der Waals surface area contributed by atoms with Gasteiger partial charge in [-0.05, 0) is 26.8 Å². The molecule has 5 nitrogen and oxygen atoms in total. The number of hydrogen-bond acceptors (Lipinski definition) is 4. The number of amides is 1. The third-order valence-electron chi connectivity index (χ3n) is 3.72. The van der Waals surface area contributed by atoms with E-state index in [9.17, 15) is 4.79 Å². The number of carbonyl (C=O) groups is 1. The Hall–Kier alpha value is -0.650. The van der Waals surface area contributed by atoms with Crippen LogP contribution in [0.1, 0.15) is 34.1 Å². The van der Waals surface area contributed by atoms with Crippen LogP contribution < -0.4 is 10.6 Å². The van der Waals surface area contributed by atoms with Crippen LogP contribution in [0, 0.1) is 0 Å². The summed E-state index contributed by atoms with van der Waals surface area (Å²) in [4.78, 5) is 14.3. The summed E-state index contributed by atoms with van der Waals surface area (Å²) >= 11 is 0. The summed E-state index contributed by atoms with van der Waals surface area (Å²) in [7, 11) is 0. The highest BCUT2D eigenvalue weighted by Crippen LogP contribution is 2.04. The molecule has 0 aliphatic carbocycles. The Kier molecular flexibility index (Phi) is 7.34. The average molecular weight is 271 g/mol. The molecule has 0 aromatic rings. The zero-order valence-electron chi connectivity index (χ0n) is 12.7. The van der Waals surface area contributed by atoms with Gasteiger partial charge in [-0.3, -0.25) is 9.69 Å². The first-order valence-electron chi connectivity index (χ1n) is 7.44. The number of ether oxygens (including phenoxy) is 1. The molecule has 1 fully saturated rings. The van der Waals surface area contributed by atoms with Crippen LogP contribution in [0.3, 0.4) is 0 Å². The largest absolute Gasteiger partial charge is 0.374 e. The van der Waals surface area contributed by atoms with E-state index in [0.29, 0.717) is 0 Å². The molecular formula is C14H29N3O2. The highest BCUT2D eigenvalue weighted by atomic mass is 16.5. The van der Waals surface area contributed by atoms with E-state index in [1.807, 2.05) is 13.8 Å². The van der Waals surface area contributed by atoms with Gasteiger partial charge in [-0.15, -0.1) is 0 Å². The summed E-state index contributed by atoms with van der Waals surface area (Å²) in [6.45, 7) is 12.7. The van der Waals surface area contributed by atoms with Crippen LogP contribution in [-0.4, -0.2) is 61.8 Å². The average Bonchev–Trinajstić information content (AvgIpc) is 2.44. The SMILES string of the molecule is CCC(C)NC(=O)C(C)NCC1CN(CC)CCO1. The lowest BCUT2D eigenvalue weighted by molar-refractivity contribution is -0.123. The minimum absolute atomic E-state index is 0.0671. The second-order valence-corrected chi connectivity index (χ2v) is 5.33. The molecule has 112 valence electrons. The Morgan fingerprint density at radius 1 is 1.42 bits per heavy atom. The van der Waals surface area contributed by atoms with E-state index in [-0.39, 0.29) is 24.1 Å². The highest BCUT2D eigenvalue weighted by molar-refractivity contribution is 5.81. The Morgan fingerprint density at radius 3 is 2.79 bits per heavy atom. The number of nitrogens with one attached hydrogen (secondary N) is 2. The number of hydrogen-bond donors (Lipinski definition) is 2. The molecule has 1 heterocycles. The van der Waals surface area contributed by atoms with Crippen molar-refractivity contribution < 1.29 is 9.53 Å². The topological polar surface area (TPSA) is 53.6 Å². The minimum atomic E-state index is -0.172. The summed E-state index contributed by atoms with van der Waals surface area (Å²) in [6, 6.07) is 0.0628. The maximum absolute atomic E-state index is 11.9. The monoisotopic (exact) mass is 271 g/mol. The summed E-state index contributed by atoms with van der Waals surface area (Å²) in [5.74, 6) is 0.0671. The Bertz CT molecular complexity index is 273. The van der Waals surface area contributed by atoms with Crippen LogP contribution in [-0.2, 0) is 9.53 Å². The molecule has 0 spiro atoms. The quantitative estimate of drug-likeness (QED) is 0.712. The van der Waals surface area contributed by atoms with Crippen LogP contribution in [0.5, 0.6) is 0 Å². The van der Waals surface area contributed by atoms with Gasteiger partial charge < -0.3 is 15.4 Å². The first-order chi connectivity index (χ1) is 9.06. The molecule has 0 aromatic heterocycles. The van der Waals surface area contributed by atoms with E-state index in [0.717, 1.165) is 39.2 Å². The third-order valence-corrected chi connectivity index (χ3v) is 3.72. The van der Waals surface area contributed by atoms with Crippen LogP contribution in [0.2, 0.25) is 0 Å². The summed E-state index contributed by atoms with van der Waals surface area (Å²) in [5.41, 5.74) is 0. The number of carbonyl (C=O) groups excluding carboxylic acids is 1. The van der Waals surface area contributed by atoms with Crippen LogP contribution in [0.15, 0.2) is 0 Å². The summed E-state index contributed by atoms with van der Waals surface area (Å²) in [5, 5.41) is 6.25. The number of morpholine rings is 1. The van der Waals surface area contributed by atoms with E-state index in [4.69, 9.17) is 4.74 Å². The molecule has 5 heteroatoms.